The first-order valence-corrected chi connectivity index (χ1v) is 5.40. The first-order chi connectivity index (χ1) is 7.63. The number of carbonyl (C=O) groups excluding carboxylic acids is 1. The number of hydrogen-bond acceptors (Lipinski definition) is 3. The van der Waals surface area contributed by atoms with Crippen LogP contribution in [0, 0.1) is 0 Å². The van der Waals surface area contributed by atoms with Crippen LogP contribution in [0.25, 0.3) is 11.1 Å². The Morgan fingerprint density at radius 3 is 2.94 bits per heavy atom. The molecule has 4 heteroatoms. The molecule has 4 nitrogen and oxygen atoms in total. The van der Waals surface area contributed by atoms with Crippen LogP contribution in [0.1, 0.15) is 42.7 Å². The Hall–Kier alpha value is -1.71. The number of furan rings is 1. The minimum atomic E-state index is -0.344. The van der Waals surface area contributed by atoms with Gasteiger partial charge in [-0.25, -0.2) is 4.79 Å². The third-order valence-electron chi connectivity index (χ3n) is 2.50. The predicted molar refractivity (Wildman–Crippen MR) is 60.6 cm³/mol. The summed E-state index contributed by atoms with van der Waals surface area (Å²) >= 11 is 0. The Morgan fingerprint density at radius 1 is 1.56 bits per heavy atom. The molecule has 0 atom stereocenters. The van der Waals surface area contributed by atoms with Gasteiger partial charge in [-0.1, -0.05) is 13.8 Å². The number of aromatic amines is 1. The van der Waals surface area contributed by atoms with E-state index in [2.05, 4.69) is 18.8 Å². The number of esters is 1. The normalized spacial score (nSPS) is 11.2. The van der Waals surface area contributed by atoms with E-state index in [1.807, 2.05) is 0 Å². The summed E-state index contributed by atoms with van der Waals surface area (Å²) in [5.41, 5.74) is 3.11. The maximum atomic E-state index is 11.5. The van der Waals surface area contributed by atoms with Crippen LogP contribution in [0.3, 0.4) is 0 Å². The van der Waals surface area contributed by atoms with E-state index in [1.54, 1.807) is 19.3 Å². The third kappa shape index (κ3) is 1.71. The average molecular weight is 221 g/mol. The van der Waals surface area contributed by atoms with Gasteiger partial charge in [0.15, 0.2) is 5.58 Å². The van der Waals surface area contributed by atoms with Gasteiger partial charge in [-0.05, 0) is 12.8 Å². The molecule has 0 aliphatic rings. The fourth-order valence-electron chi connectivity index (χ4n) is 1.67. The van der Waals surface area contributed by atoms with Crippen molar-refractivity contribution in [3.05, 3.63) is 23.6 Å². The van der Waals surface area contributed by atoms with Crippen molar-refractivity contribution in [2.45, 2.75) is 26.7 Å². The summed E-state index contributed by atoms with van der Waals surface area (Å²) in [7, 11) is 0. The Morgan fingerprint density at radius 2 is 2.31 bits per heavy atom. The molecular weight excluding hydrogens is 206 g/mol. The molecule has 0 spiro atoms. The average Bonchev–Trinajstić information content (AvgIpc) is 2.74. The lowest BCUT2D eigenvalue weighted by Gasteiger charge is -2.00. The highest BCUT2D eigenvalue weighted by molar-refractivity contribution is 5.94. The molecule has 0 aromatic carbocycles. The van der Waals surface area contributed by atoms with Crippen molar-refractivity contribution in [2.75, 3.05) is 6.61 Å². The molecular formula is C12H15NO3. The molecule has 2 aromatic heterocycles. The van der Waals surface area contributed by atoms with E-state index >= 15 is 0 Å². The standard InChI is InChI=1S/C12H15NO3/c1-4-15-12(14)9-5-10-11(13-9)8(6-16-10)7(2)3/h5-7,13H,4H2,1-3H3. The summed E-state index contributed by atoms with van der Waals surface area (Å²) in [6.07, 6.45) is 1.72. The van der Waals surface area contributed by atoms with Crippen molar-refractivity contribution in [3.8, 4) is 0 Å². The molecule has 0 fully saturated rings. The van der Waals surface area contributed by atoms with Gasteiger partial charge >= 0.3 is 5.97 Å². The first kappa shape index (κ1) is 10.8. The van der Waals surface area contributed by atoms with Crippen LogP contribution in [-0.2, 0) is 4.74 Å². The molecule has 0 saturated heterocycles. The number of aromatic nitrogens is 1. The quantitative estimate of drug-likeness (QED) is 0.810. The van der Waals surface area contributed by atoms with Crippen molar-refractivity contribution < 1.29 is 13.9 Å². The van der Waals surface area contributed by atoms with E-state index in [9.17, 15) is 4.79 Å². The highest BCUT2D eigenvalue weighted by Crippen LogP contribution is 2.27. The van der Waals surface area contributed by atoms with Crippen molar-refractivity contribution in [2.24, 2.45) is 0 Å². The van der Waals surface area contributed by atoms with Gasteiger partial charge < -0.3 is 14.1 Å². The molecule has 0 saturated carbocycles. The summed E-state index contributed by atoms with van der Waals surface area (Å²) in [5, 5.41) is 0. The zero-order valence-corrected chi connectivity index (χ0v) is 9.66. The second-order valence-electron chi connectivity index (χ2n) is 3.99. The van der Waals surface area contributed by atoms with Gasteiger partial charge in [0.1, 0.15) is 5.69 Å². The van der Waals surface area contributed by atoms with Crippen LogP contribution in [0.4, 0.5) is 0 Å². The number of H-pyrrole nitrogens is 1. The molecule has 0 aliphatic carbocycles. The van der Waals surface area contributed by atoms with Crippen LogP contribution >= 0.6 is 0 Å². The van der Waals surface area contributed by atoms with Crippen LogP contribution < -0.4 is 0 Å². The second kappa shape index (κ2) is 4.04. The monoisotopic (exact) mass is 221 g/mol. The zero-order valence-electron chi connectivity index (χ0n) is 9.66. The molecule has 86 valence electrons. The molecule has 0 unspecified atom stereocenters. The van der Waals surface area contributed by atoms with Crippen molar-refractivity contribution >= 4 is 17.1 Å². The van der Waals surface area contributed by atoms with Crippen LogP contribution in [0.2, 0.25) is 0 Å². The minimum Gasteiger partial charge on any atom is -0.462 e. The van der Waals surface area contributed by atoms with Crippen LogP contribution in [-0.4, -0.2) is 17.6 Å². The lowest BCUT2D eigenvalue weighted by Crippen LogP contribution is -2.04. The smallest absolute Gasteiger partial charge is 0.354 e. The number of hydrogen-bond donors (Lipinski definition) is 1. The summed E-state index contributed by atoms with van der Waals surface area (Å²) in [5.74, 6) is 0.0125. The Kier molecular flexibility index (Phi) is 2.73. The van der Waals surface area contributed by atoms with Crippen molar-refractivity contribution in [1.82, 2.24) is 4.98 Å². The Balaban J connectivity index is 2.41. The van der Waals surface area contributed by atoms with Gasteiger partial charge in [0.25, 0.3) is 0 Å². The number of rotatable bonds is 3. The molecule has 0 radical (unpaired) electrons. The van der Waals surface area contributed by atoms with Gasteiger partial charge in [0.05, 0.1) is 18.4 Å². The highest BCUT2D eigenvalue weighted by Gasteiger charge is 2.16. The van der Waals surface area contributed by atoms with E-state index in [1.165, 1.54) is 0 Å². The zero-order chi connectivity index (χ0) is 11.7. The maximum Gasteiger partial charge on any atom is 0.354 e. The fraction of sp³-hybridized carbons (Fsp3) is 0.417. The largest absolute Gasteiger partial charge is 0.462 e. The molecule has 1 N–H and O–H groups in total. The number of fused-ring (bicyclic) bond motifs is 1. The van der Waals surface area contributed by atoms with Gasteiger partial charge in [-0.2, -0.15) is 0 Å². The van der Waals surface area contributed by atoms with Crippen LogP contribution in [0.15, 0.2) is 16.7 Å². The summed E-state index contributed by atoms with van der Waals surface area (Å²) in [6, 6.07) is 1.68. The lowest BCUT2D eigenvalue weighted by molar-refractivity contribution is 0.0520. The van der Waals surface area contributed by atoms with Crippen molar-refractivity contribution in [1.29, 1.82) is 0 Å². The molecule has 0 bridgehead atoms. The van der Waals surface area contributed by atoms with E-state index in [0.29, 0.717) is 23.8 Å². The van der Waals surface area contributed by atoms with E-state index in [4.69, 9.17) is 9.15 Å². The van der Waals surface area contributed by atoms with Gasteiger partial charge in [0.2, 0.25) is 0 Å². The summed E-state index contributed by atoms with van der Waals surface area (Å²) in [4.78, 5) is 14.5. The molecule has 2 heterocycles. The number of nitrogens with one attached hydrogen (secondary N) is 1. The number of carbonyl (C=O) groups is 1. The second-order valence-corrected chi connectivity index (χ2v) is 3.99. The predicted octanol–water partition coefficient (Wildman–Crippen LogP) is 3.06. The SMILES string of the molecule is CCOC(=O)c1cc2occ(C(C)C)c2[nH]1. The van der Waals surface area contributed by atoms with Gasteiger partial charge in [0, 0.05) is 11.6 Å². The van der Waals surface area contributed by atoms with E-state index in [0.717, 1.165) is 11.1 Å². The van der Waals surface area contributed by atoms with Crippen LogP contribution in [0.5, 0.6) is 0 Å². The van der Waals surface area contributed by atoms with Gasteiger partial charge in [-0.15, -0.1) is 0 Å². The summed E-state index contributed by atoms with van der Waals surface area (Å²) < 4.78 is 10.3. The summed E-state index contributed by atoms with van der Waals surface area (Å²) in [6.45, 7) is 6.31. The molecule has 16 heavy (non-hydrogen) atoms. The maximum absolute atomic E-state index is 11.5. The van der Waals surface area contributed by atoms with E-state index < -0.39 is 0 Å². The highest BCUT2D eigenvalue weighted by atomic mass is 16.5. The minimum absolute atomic E-state index is 0.344. The molecule has 2 rings (SSSR count). The molecule has 2 aromatic rings. The third-order valence-corrected chi connectivity index (χ3v) is 2.50. The van der Waals surface area contributed by atoms with E-state index in [-0.39, 0.29) is 5.97 Å². The Bertz CT molecular complexity index is 507. The molecule has 0 amide bonds. The Labute approximate surface area is 93.6 Å². The van der Waals surface area contributed by atoms with Crippen molar-refractivity contribution in [3.63, 3.8) is 0 Å². The van der Waals surface area contributed by atoms with Gasteiger partial charge in [-0.3, -0.25) is 0 Å². The number of ether oxygens (including phenoxy) is 1. The lowest BCUT2D eigenvalue weighted by atomic mass is 10.1. The topological polar surface area (TPSA) is 55.2 Å². The first-order valence-electron chi connectivity index (χ1n) is 5.40. The fourth-order valence-corrected chi connectivity index (χ4v) is 1.67. The molecule has 0 aliphatic heterocycles.